The van der Waals surface area contributed by atoms with Crippen molar-refractivity contribution in [2.75, 3.05) is 10.7 Å². The first-order valence-electron chi connectivity index (χ1n) is 6.21. The summed E-state index contributed by atoms with van der Waals surface area (Å²) in [4.78, 5) is 11.8. The van der Waals surface area contributed by atoms with Crippen LogP contribution >= 0.6 is 11.6 Å². The van der Waals surface area contributed by atoms with Crippen LogP contribution in [0.2, 0.25) is 5.02 Å². The highest BCUT2D eigenvalue weighted by molar-refractivity contribution is 6.30. The van der Waals surface area contributed by atoms with E-state index in [0.29, 0.717) is 10.7 Å². The van der Waals surface area contributed by atoms with Crippen molar-refractivity contribution in [3.05, 3.63) is 58.6 Å². The summed E-state index contributed by atoms with van der Waals surface area (Å²) in [6.07, 6.45) is 0. The molecule has 0 aliphatic carbocycles. The number of urea groups is 1. The molecule has 20 heavy (non-hydrogen) atoms. The molecule has 5 heteroatoms. The Morgan fingerprint density at radius 1 is 1.05 bits per heavy atom. The largest absolute Gasteiger partial charge is 0.337 e. The number of carbonyl (C=O) groups excluding carboxylic acids is 1. The molecule has 0 fully saturated rings. The van der Waals surface area contributed by atoms with E-state index in [0.717, 1.165) is 16.8 Å². The van der Waals surface area contributed by atoms with E-state index < -0.39 is 0 Å². The van der Waals surface area contributed by atoms with Crippen LogP contribution in [0.3, 0.4) is 0 Å². The number of benzene rings is 2. The predicted molar refractivity (Wildman–Crippen MR) is 83.1 cm³/mol. The second-order valence-electron chi connectivity index (χ2n) is 4.48. The Morgan fingerprint density at radius 2 is 1.70 bits per heavy atom. The van der Waals surface area contributed by atoms with E-state index in [-0.39, 0.29) is 6.03 Å². The highest BCUT2D eigenvalue weighted by Crippen LogP contribution is 2.18. The third-order valence-electron chi connectivity index (χ3n) is 2.86. The quantitative estimate of drug-likeness (QED) is 0.745. The van der Waals surface area contributed by atoms with E-state index in [2.05, 4.69) is 16.2 Å². The summed E-state index contributed by atoms with van der Waals surface area (Å²) in [6.45, 7) is 3.96. The maximum absolute atomic E-state index is 11.8. The van der Waals surface area contributed by atoms with Crippen molar-refractivity contribution in [1.82, 2.24) is 5.43 Å². The standard InChI is InChI=1S/C15H16ClN3O/c1-10-5-3-6-11(2)14(10)18-19-15(20)17-13-8-4-7-12(16)9-13/h3-9,18H,1-2H3,(H2,17,19,20). The fraction of sp³-hybridized carbons (Fsp3) is 0.133. The summed E-state index contributed by atoms with van der Waals surface area (Å²) in [6, 6.07) is 12.6. The van der Waals surface area contributed by atoms with E-state index in [4.69, 9.17) is 11.6 Å². The van der Waals surface area contributed by atoms with Crippen molar-refractivity contribution in [1.29, 1.82) is 0 Å². The summed E-state index contributed by atoms with van der Waals surface area (Å²) >= 11 is 5.86. The van der Waals surface area contributed by atoms with Gasteiger partial charge >= 0.3 is 6.03 Å². The Hall–Kier alpha value is -2.20. The molecule has 2 amide bonds. The van der Waals surface area contributed by atoms with Crippen molar-refractivity contribution in [3.63, 3.8) is 0 Å². The van der Waals surface area contributed by atoms with Gasteiger partial charge in [0.2, 0.25) is 0 Å². The summed E-state index contributed by atoms with van der Waals surface area (Å²) < 4.78 is 0. The molecule has 0 atom stereocenters. The van der Waals surface area contributed by atoms with E-state index >= 15 is 0 Å². The number of anilines is 2. The lowest BCUT2D eigenvalue weighted by molar-refractivity contribution is 0.254. The summed E-state index contributed by atoms with van der Waals surface area (Å²) in [5.41, 5.74) is 9.19. The number of para-hydroxylation sites is 1. The highest BCUT2D eigenvalue weighted by Gasteiger charge is 2.04. The first-order chi connectivity index (χ1) is 9.56. The third kappa shape index (κ3) is 3.65. The normalized spacial score (nSPS) is 9.95. The Labute approximate surface area is 123 Å². The lowest BCUT2D eigenvalue weighted by Crippen LogP contribution is -2.34. The van der Waals surface area contributed by atoms with E-state index in [1.165, 1.54) is 0 Å². The van der Waals surface area contributed by atoms with Gasteiger partial charge in [0.15, 0.2) is 0 Å². The minimum Gasteiger partial charge on any atom is -0.307 e. The molecule has 2 aromatic carbocycles. The van der Waals surface area contributed by atoms with Gasteiger partial charge in [0.25, 0.3) is 0 Å². The molecule has 0 radical (unpaired) electrons. The van der Waals surface area contributed by atoms with Crippen LogP contribution < -0.4 is 16.2 Å². The predicted octanol–water partition coefficient (Wildman–Crippen LogP) is 4.11. The molecule has 0 aromatic heterocycles. The van der Waals surface area contributed by atoms with Crippen molar-refractivity contribution in [3.8, 4) is 0 Å². The molecule has 0 aliphatic heterocycles. The van der Waals surface area contributed by atoms with Crippen LogP contribution in [0.25, 0.3) is 0 Å². The van der Waals surface area contributed by atoms with E-state index in [1.54, 1.807) is 24.3 Å². The van der Waals surface area contributed by atoms with Gasteiger partial charge in [0.05, 0.1) is 5.69 Å². The van der Waals surface area contributed by atoms with Crippen molar-refractivity contribution in [2.45, 2.75) is 13.8 Å². The number of carbonyl (C=O) groups is 1. The van der Waals surface area contributed by atoms with Crippen LogP contribution in [-0.4, -0.2) is 6.03 Å². The zero-order valence-electron chi connectivity index (χ0n) is 11.3. The molecule has 3 N–H and O–H groups in total. The molecular weight excluding hydrogens is 274 g/mol. The van der Waals surface area contributed by atoms with Gasteiger partial charge in [-0.05, 0) is 43.2 Å². The highest BCUT2D eigenvalue weighted by atomic mass is 35.5. The van der Waals surface area contributed by atoms with Crippen molar-refractivity contribution >= 4 is 29.0 Å². The molecule has 2 rings (SSSR count). The maximum Gasteiger partial charge on any atom is 0.337 e. The average Bonchev–Trinajstić information content (AvgIpc) is 2.38. The van der Waals surface area contributed by atoms with Crippen molar-refractivity contribution < 1.29 is 4.79 Å². The van der Waals surface area contributed by atoms with E-state index in [1.807, 2.05) is 32.0 Å². The lowest BCUT2D eigenvalue weighted by Gasteiger charge is -2.14. The number of nitrogens with one attached hydrogen (secondary N) is 3. The second kappa shape index (κ2) is 6.30. The summed E-state index contributed by atoms with van der Waals surface area (Å²) in [7, 11) is 0. The number of hydrogen-bond donors (Lipinski definition) is 3. The fourth-order valence-electron chi connectivity index (χ4n) is 1.86. The maximum atomic E-state index is 11.8. The Bertz CT molecular complexity index is 608. The van der Waals surface area contributed by atoms with Gasteiger partial charge < -0.3 is 5.32 Å². The fourth-order valence-corrected chi connectivity index (χ4v) is 2.05. The van der Waals surface area contributed by atoms with Crippen LogP contribution in [0.1, 0.15) is 11.1 Å². The molecular formula is C15H16ClN3O. The summed E-state index contributed by atoms with van der Waals surface area (Å²) in [5.74, 6) is 0. The number of rotatable bonds is 3. The van der Waals surface area contributed by atoms with E-state index in [9.17, 15) is 4.79 Å². The number of hydrogen-bond acceptors (Lipinski definition) is 2. The van der Waals surface area contributed by atoms with Crippen molar-refractivity contribution in [2.24, 2.45) is 0 Å². The smallest absolute Gasteiger partial charge is 0.307 e. The first-order valence-corrected chi connectivity index (χ1v) is 6.59. The molecule has 104 valence electrons. The molecule has 0 spiro atoms. The second-order valence-corrected chi connectivity index (χ2v) is 4.92. The van der Waals surface area contributed by atoms with Crippen LogP contribution in [-0.2, 0) is 0 Å². The van der Waals surface area contributed by atoms with Crippen LogP contribution in [0, 0.1) is 13.8 Å². The van der Waals surface area contributed by atoms with Crippen LogP contribution in [0.15, 0.2) is 42.5 Å². The van der Waals surface area contributed by atoms with Crippen LogP contribution in [0.5, 0.6) is 0 Å². The SMILES string of the molecule is Cc1cccc(C)c1NNC(=O)Nc1cccc(Cl)c1. The molecule has 0 unspecified atom stereocenters. The Kier molecular flexibility index (Phi) is 4.48. The minimum atomic E-state index is -0.352. The molecule has 0 bridgehead atoms. The molecule has 0 aliphatic rings. The zero-order chi connectivity index (χ0) is 14.5. The van der Waals surface area contributed by atoms with Gasteiger partial charge in [0, 0.05) is 10.7 Å². The molecule has 0 heterocycles. The molecule has 4 nitrogen and oxygen atoms in total. The first kappa shape index (κ1) is 14.2. The average molecular weight is 290 g/mol. The molecule has 0 saturated carbocycles. The van der Waals surface area contributed by atoms with Crippen LogP contribution in [0.4, 0.5) is 16.2 Å². The van der Waals surface area contributed by atoms with Gasteiger partial charge in [-0.3, -0.25) is 10.9 Å². The Balaban J connectivity index is 1.96. The zero-order valence-corrected chi connectivity index (χ0v) is 12.1. The van der Waals surface area contributed by atoms with Gasteiger partial charge in [-0.2, -0.15) is 0 Å². The lowest BCUT2D eigenvalue weighted by atomic mass is 10.1. The molecule has 0 saturated heterocycles. The topological polar surface area (TPSA) is 53.2 Å². The summed E-state index contributed by atoms with van der Waals surface area (Å²) in [5, 5.41) is 3.27. The molecule has 2 aromatic rings. The van der Waals surface area contributed by atoms with Gasteiger partial charge in [-0.25, -0.2) is 4.79 Å². The Morgan fingerprint density at radius 3 is 2.35 bits per heavy atom. The van der Waals surface area contributed by atoms with Gasteiger partial charge in [-0.1, -0.05) is 35.9 Å². The number of aryl methyl sites for hydroxylation is 2. The third-order valence-corrected chi connectivity index (χ3v) is 3.10. The number of amides is 2. The number of halogens is 1. The minimum absolute atomic E-state index is 0.352. The monoisotopic (exact) mass is 289 g/mol. The van der Waals surface area contributed by atoms with Gasteiger partial charge in [0.1, 0.15) is 0 Å². The number of hydrazine groups is 1. The van der Waals surface area contributed by atoms with Gasteiger partial charge in [-0.15, -0.1) is 0 Å².